The normalized spacial score (nSPS) is 20.6. The number of likely N-dealkylation sites (tertiary alicyclic amines) is 1. The van der Waals surface area contributed by atoms with E-state index in [1.54, 1.807) is 6.20 Å². The zero-order valence-corrected chi connectivity index (χ0v) is 14.7. The zero-order valence-electron chi connectivity index (χ0n) is 14.7. The average molecular weight is 329 g/mol. The SMILES string of the molecule is CC1CC(c2ccc(C#N)c3ncccc23)CN(CCC(=O)[O-])C1.[Li+]. The second kappa shape index (κ2) is 8.49. The molecule has 0 radical (unpaired) electrons. The van der Waals surface area contributed by atoms with E-state index in [1.165, 1.54) is 5.56 Å². The third-order valence-corrected chi connectivity index (χ3v) is 4.73. The molecule has 1 aliphatic rings. The van der Waals surface area contributed by atoms with Crippen molar-refractivity contribution in [2.24, 2.45) is 5.92 Å². The molecule has 3 rings (SSSR count). The maximum absolute atomic E-state index is 10.7. The summed E-state index contributed by atoms with van der Waals surface area (Å²) >= 11 is 0. The third kappa shape index (κ3) is 4.41. The van der Waals surface area contributed by atoms with Crippen LogP contribution in [0.2, 0.25) is 0 Å². The summed E-state index contributed by atoms with van der Waals surface area (Å²) in [5.74, 6) is -0.194. The molecule has 1 aromatic carbocycles. The molecule has 124 valence electrons. The Balaban J connectivity index is 0.00000225. The summed E-state index contributed by atoms with van der Waals surface area (Å²) in [6.45, 7) is 4.46. The Bertz CT molecular complexity index is 803. The molecule has 1 aromatic heterocycles. The molecule has 6 heteroatoms. The number of rotatable bonds is 4. The monoisotopic (exact) mass is 329 g/mol. The first-order chi connectivity index (χ1) is 11.6. The number of carbonyl (C=O) groups excluding carboxylic acids is 1. The number of fused-ring (bicyclic) bond motifs is 1. The van der Waals surface area contributed by atoms with Crippen LogP contribution in [0.3, 0.4) is 0 Å². The second-order valence-electron chi connectivity index (χ2n) is 6.63. The molecule has 0 spiro atoms. The Morgan fingerprint density at radius 2 is 2.20 bits per heavy atom. The van der Waals surface area contributed by atoms with E-state index in [-0.39, 0.29) is 25.3 Å². The van der Waals surface area contributed by atoms with E-state index in [1.807, 2.05) is 24.3 Å². The van der Waals surface area contributed by atoms with Gasteiger partial charge in [0.05, 0.1) is 11.1 Å². The van der Waals surface area contributed by atoms with Crippen LogP contribution in [0, 0.1) is 17.2 Å². The molecule has 0 amide bonds. The smallest absolute Gasteiger partial charge is 0.550 e. The zero-order chi connectivity index (χ0) is 17.1. The van der Waals surface area contributed by atoms with E-state index >= 15 is 0 Å². The topological polar surface area (TPSA) is 80.0 Å². The van der Waals surface area contributed by atoms with Crippen LogP contribution in [0.15, 0.2) is 30.5 Å². The summed E-state index contributed by atoms with van der Waals surface area (Å²) in [6.07, 6.45) is 2.83. The molecule has 25 heavy (non-hydrogen) atoms. The maximum Gasteiger partial charge on any atom is 1.00 e. The fourth-order valence-corrected chi connectivity index (χ4v) is 3.76. The molecule has 2 atom stereocenters. The molecule has 0 N–H and O–H groups in total. The number of nitrogens with zero attached hydrogens (tertiary/aromatic N) is 3. The van der Waals surface area contributed by atoms with Gasteiger partial charge in [0.1, 0.15) is 6.07 Å². The van der Waals surface area contributed by atoms with Crippen LogP contribution >= 0.6 is 0 Å². The summed E-state index contributed by atoms with van der Waals surface area (Å²) in [7, 11) is 0. The van der Waals surface area contributed by atoms with Crippen LogP contribution in [-0.4, -0.2) is 35.5 Å². The van der Waals surface area contributed by atoms with Gasteiger partial charge >= 0.3 is 18.9 Å². The number of nitriles is 1. The summed E-state index contributed by atoms with van der Waals surface area (Å²) in [5, 5.41) is 21.1. The second-order valence-corrected chi connectivity index (χ2v) is 6.63. The summed E-state index contributed by atoms with van der Waals surface area (Å²) < 4.78 is 0. The average Bonchev–Trinajstić information content (AvgIpc) is 2.58. The first-order valence-corrected chi connectivity index (χ1v) is 8.28. The molecule has 1 fully saturated rings. The summed E-state index contributed by atoms with van der Waals surface area (Å²) in [6, 6.07) is 9.99. The molecular weight excluding hydrogens is 309 g/mol. The van der Waals surface area contributed by atoms with Crippen molar-refractivity contribution in [1.29, 1.82) is 5.26 Å². The number of benzene rings is 1. The summed E-state index contributed by atoms with van der Waals surface area (Å²) in [4.78, 5) is 17.3. The van der Waals surface area contributed by atoms with Gasteiger partial charge in [-0.2, -0.15) is 5.26 Å². The molecule has 5 nitrogen and oxygen atoms in total. The van der Waals surface area contributed by atoms with Crippen molar-refractivity contribution in [2.45, 2.75) is 25.7 Å². The Morgan fingerprint density at radius 3 is 2.92 bits per heavy atom. The van der Waals surface area contributed by atoms with Gasteiger partial charge in [-0.25, -0.2) is 0 Å². The Hall–Kier alpha value is -1.85. The van der Waals surface area contributed by atoms with Gasteiger partial charge in [0, 0.05) is 37.2 Å². The number of carbonyl (C=O) groups is 1. The number of carboxylic acid groups (broad SMARTS) is 1. The van der Waals surface area contributed by atoms with Gasteiger partial charge in [-0.15, -0.1) is 0 Å². The van der Waals surface area contributed by atoms with Gasteiger partial charge in [-0.1, -0.05) is 19.1 Å². The number of pyridine rings is 1. The van der Waals surface area contributed by atoms with Crippen molar-refractivity contribution in [3.05, 3.63) is 41.6 Å². The maximum atomic E-state index is 10.7. The van der Waals surface area contributed by atoms with Crippen LogP contribution in [0.25, 0.3) is 10.9 Å². The third-order valence-electron chi connectivity index (χ3n) is 4.73. The van der Waals surface area contributed by atoms with E-state index in [2.05, 4.69) is 22.9 Å². The van der Waals surface area contributed by atoms with Gasteiger partial charge in [0.25, 0.3) is 0 Å². The first-order valence-electron chi connectivity index (χ1n) is 8.28. The molecule has 2 unspecified atom stereocenters. The molecule has 0 bridgehead atoms. The Kier molecular flexibility index (Phi) is 6.62. The van der Waals surface area contributed by atoms with E-state index < -0.39 is 5.97 Å². The van der Waals surface area contributed by atoms with Crippen LogP contribution < -0.4 is 24.0 Å². The van der Waals surface area contributed by atoms with Crippen LogP contribution in [0.1, 0.15) is 36.8 Å². The van der Waals surface area contributed by atoms with Crippen molar-refractivity contribution in [2.75, 3.05) is 19.6 Å². The van der Waals surface area contributed by atoms with E-state index in [4.69, 9.17) is 0 Å². The molecular formula is C19H20LiN3O2. The first kappa shape index (κ1) is 19.5. The minimum atomic E-state index is -1.00. The van der Waals surface area contributed by atoms with E-state index in [0.717, 1.165) is 30.4 Å². The van der Waals surface area contributed by atoms with Crippen molar-refractivity contribution in [1.82, 2.24) is 9.88 Å². The van der Waals surface area contributed by atoms with Crippen LogP contribution in [-0.2, 0) is 4.79 Å². The van der Waals surface area contributed by atoms with Gasteiger partial charge < -0.3 is 14.8 Å². The molecule has 1 aliphatic heterocycles. The number of piperidine rings is 1. The van der Waals surface area contributed by atoms with Crippen LogP contribution in [0.4, 0.5) is 0 Å². The number of hydrogen-bond acceptors (Lipinski definition) is 5. The van der Waals surface area contributed by atoms with Crippen molar-refractivity contribution < 1.29 is 28.8 Å². The van der Waals surface area contributed by atoms with E-state index in [0.29, 0.717) is 23.9 Å². The molecule has 2 heterocycles. The standard InChI is InChI=1S/C19H21N3O2.Li/c1-13-9-15(12-22(11-13)8-6-18(23)24)16-5-4-14(10-20)19-17(16)3-2-7-21-19;/h2-5,7,13,15H,6,8-9,11-12H2,1H3,(H,23,24);/q;+1/p-1. The van der Waals surface area contributed by atoms with Gasteiger partial charge in [0.15, 0.2) is 0 Å². The van der Waals surface area contributed by atoms with Gasteiger partial charge in [0.2, 0.25) is 0 Å². The molecule has 0 aliphatic carbocycles. The summed E-state index contributed by atoms with van der Waals surface area (Å²) in [5.41, 5.74) is 2.53. The fraction of sp³-hybridized carbons (Fsp3) is 0.421. The Labute approximate surface area is 159 Å². The van der Waals surface area contributed by atoms with Crippen molar-refractivity contribution in [3.63, 3.8) is 0 Å². The van der Waals surface area contributed by atoms with E-state index in [9.17, 15) is 15.2 Å². The predicted molar refractivity (Wildman–Crippen MR) is 89.0 cm³/mol. The van der Waals surface area contributed by atoms with Gasteiger partial charge in [-0.3, -0.25) is 4.98 Å². The molecule has 1 saturated heterocycles. The fourth-order valence-electron chi connectivity index (χ4n) is 3.76. The van der Waals surface area contributed by atoms with Crippen molar-refractivity contribution in [3.8, 4) is 6.07 Å². The predicted octanol–water partition coefficient (Wildman–Crippen LogP) is -1.32. The quantitative estimate of drug-likeness (QED) is 0.650. The minimum absolute atomic E-state index is 0. The largest absolute Gasteiger partial charge is 1.00 e. The van der Waals surface area contributed by atoms with Crippen LogP contribution in [0.5, 0.6) is 0 Å². The molecule has 0 saturated carbocycles. The number of aliphatic carboxylic acids is 1. The van der Waals surface area contributed by atoms with Gasteiger partial charge in [-0.05, 0) is 42.4 Å². The molecule has 2 aromatic rings. The minimum Gasteiger partial charge on any atom is -0.550 e. The number of hydrogen-bond donors (Lipinski definition) is 0. The Morgan fingerprint density at radius 1 is 1.40 bits per heavy atom. The number of carboxylic acids is 1. The number of aromatic nitrogens is 1. The van der Waals surface area contributed by atoms with Crippen molar-refractivity contribution >= 4 is 16.9 Å².